The van der Waals surface area contributed by atoms with Crippen molar-refractivity contribution in [3.8, 4) is 23.0 Å². The molecule has 34 heavy (non-hydrogen) atoms. The molecule has 178 valence electrons. The Balaban J connectivity index is 1.75. The predicted octanol–water partition coefficient (Wildman–Crippen LogP) is 5.17. The summed E-state index contributed by atoms with van der Waals surface area (Å²) < 4.78 is 40.8. The predicted molar refractivity (Wildman–Crippen MR) is 132 cm³/mol. The normalized spacial score (nSPS) is 12.1. The molecule has 0 bridgehead atoms. The monoisotopic (exact) mass is 500 g/mol. The summed E-state index contributed by atoms with van der Waals surface area (Å²) in [7, 11) is -0.851. The Labute approximate surface area is 203 Å². The van der Waals surface area contributed by atoms with Gasteiger partial charge in [-0.2, -0.15) is 10.1 Å². The second kappa shape index (κ2) is 8.81. The van der Waals surface area contributed by atoms with Gasteiger partial charge in [0.05, 0.1) is 40.9 Å². The number of sulfonamides is 1. The van der Waals surface area contributed by atoms with Gasteiger partial charge >= 0.3 is 0 Å². The minimum Gasteiger partial charge on any atom is -0.481 e. The summed E-state index contributed by atoms with van der Waals surface area (Å²) in [5.41, 5.74) is 2.60. The summed E-state index contributed by atoms with van der Waals surface area (Å²) in [6.45, 7) is 6.21. The van der Waals surface area contributed by atoms with E-state index >= 15 is 0 Å². The smallest absolute Gasteiger partial charge is 0.263 e. The van der Waals surface area contributed by atoms with Crippen molar-refractivity contribution >= 4 is 33.0 Å². The van der Waals surface area contributed by atoms with Gasteiger partial charge in [0, 0.05) is 6.07 Å². The maximum absolute atomic E-state index is 13.1. The van der Waals surface area contributed by atoms with Crippen LogP contribution in [0.2, 0.25) is 5.02 Å². The van der Waals surface area contributed by atoms with E-state index in [-0.39, 0.29) is 16.1 Å². The Morgan fingerprint density at radius 1 is 0.971 bits per heavy atom. The van der Waals surface area contributed by atoms with Crippen molar-refractivity contribution < 1.29 is 17.9 Å². The molecule has 8 nitrogen and oxygen atoms in total. The minimum atomic E-state index is -3.86. The van der Waals surface area contributed by atoms with Gasteiger partial charge in [0.1, 0.15) is 5.82 Å². The molecule has 10 heteroatoms. The molecule has 0 amide bonds. The molecule has 0 aliphatic rings. The summed E-state index contributed by atoms with van der Waals surface area (Å²) in [5, 5.41) is 4.99. The van der Waals surface area contributed by atoms with Crippen LogP contribution in [0.15, 0.2) is 59.5 Å². The molecule has 0 spiro atoms. The van der Waals surface area contributed by atoms with E-state index in [1.54, 1.807) is 42.5 Å². The molecule has 0 aliphatic heterocycles. The highest BCUT2D eigenvalue weighted by molar-refractivity contribution is 7.92. The van der Waals surface area contributed by atoms with E-state index in [0.717, 1.165) is 5.56 Å². The zero-order valence-corrected chi connectivity index (χ0v) is 21.0. The maximum atomic E-state index is 13.1. The molecular weight excluding hydrogens is 476 g/mol. The average Bonchev–Trinajstić information content (AvgIpc) is 3.26. The molecule has 1 aromatic carbocycles. The number of methoxy groups -OCH3 is 2. The van der Waals surface area contributed by atoms with E-state index in [1.807, 2.05) is 12.1 Å². The van der Waals surface area contributed by atoms with Gasteiger partial charge in [-0.25, -0.2) is 12.9 Å². The molecule has 0 fully saturated rings. The van der Waals surface area contributed by atoms with Crippen LogP contribution in [0.5, 0.6) is 11.8 Å². The van der Waals surface area contributed by atoms with Crippen LogP contribution in [-0.2, 0) is 15.4 Å². The van der Waals surface area contributed by atoms with Crippen molar-refractivity contribution in [1.29, 1.82) is 0 Å². The van der Waals surface area contributed by atoms with Gasteiger partial charge in [0.15, 0.2) is 0 Å². The van der Waals surface area contributed by atoms with Crippen LogP contribution < -0.4 is 14.2 Å². The molecule has 3 heterocycles. The largest absolute Gasteiger partial charge is 0.481 e. The Kier molecular flexibility index (Phi) is 6.18. The van der Waals surface area contributed by atoms with Gasteiger partial charge in [0.2, 0.25) is 11.8 Å². The fourth-order valence-electron chi connectivity index (χ4n) is 3.47. The van der Waals surface area contributed by atoms with Crippen molar-refractivity contribution in [3.63, 3.8) is 0 Å². The highest BCUT2D eigenvalue weighted by atomic mass is 35.5. The zero-order chi connectivity index (χ0) is 24.7. The first-order chi connectivity index (χ1) is 16.0. The van der Waals surface area contributed by atoms with Crippen LogP contribution in [0, 0.1) is 0 Å². The number of rotatable bonds is 6. The summed E-state index contributed by atoms with van der Waals surface area (Å²) >= 11 is 6.39. The minimum absolute atomic E-state index is 0.0824. The Morgan fingerprint density at radius 3 is 2.29 bits per heavy atom. The zero-order valence-electron chi connectivity index (χ0n) is 19.5. The Hall–Kier alpha value is -3.30. The van der Waals surface area contributed by atoms with Crippen LogP contribution in [0.3, 0.4) is 0 Å². The third kappa shape index (κ3) is 4.53. The van der Waals surface area contributed by atoms with Crippen LogP contribution in [0.1, 0.15) is 26.3 Å². The number of hydrogen-bond donors (Lipinski definition) is 1. The van der Waals surface area contributed by atoms with E-state index in [1.165, 1.54) is 18.7 Å². The maximum Gasteiger partial charge on any atom is 0.263 e. The third-order valence-electron chi connectivity index (χ3n) is 5.35. The quantitative estimate of drug-likeness (QED) is 0.392. The molecule has 4 aromatic rings. The van der Waals surface area contributed by atoms with Gasteiger partial charge in [-0.1, -0.05) is 44.5 Å². The lowest BCUT2D eigenvalue weighted by molar-refractivity contribution is 0.366. The van der Waals surface area contributed by atoms with Crippen molar-refractivity contribution in [3.05, 3.63) is 65.2 Å². The second-order valence-corrected chi connectivity index (χ2v) is 10.8. The number of nitrogens with zero attached hydrogens (tertiary/aromatic N) is 3. The van der Waals surface area contributed by atoms with Gasteiger partial charge in [-0.3, -0.25) is 4.72 Å². The first kappa shape index (κ1) is 23.8. The van der Waals surface area contributed by atoms with E-state index in [4.69, 9.17) is 21.1 Å². The number of halogens is 1. The second-order valence-electron chi connectivity index (χ2n) is 8.68. The fourth-order valence-corrected chi connectivity index (χ4v) is 4.71. The number of aromatic nitrogens is 3. The highest BCUT2D eigenvalue weighted by Gasteiger charge is 2.21. The van der Waals surface area contributed by atoms with E-state index in [0.29, 0.717) is 33.6 Å². The average molecular weight is 501 g/mol. The summed E-state index contributed by atoms with van der Waals surface area (Å²) in [6, 6.07) is 15.2. The van der Waals surface area contributed by atoms with E-state index in [9.17, 15) is 8.42 Å². The first-order valence-corrected chi connectivity index (χ1v) is 12.3. The van der Waals surface area contributed by atoms with Crippen LogP contribution in [0.25, 0.3) is 16.8 Å². The van der Waals surface area contributed by atoms with Crippen molar-refractivity contribution in [2.75, 3.05) is 18.9 Å². The topological polar surface area (TPSA) is 94.8 Å². The molecule has 0 atom stereocenters. The lowest BCUT2D eigenvalue weighted by Crippen LogP contribution is -2.16. The lowest BCUT2D eigenvalue weighted by Gasteiger charge is -2.19. The van der Waals surface area contributed by atoms with E-state index < -0.39 is 10.0 Å². The molecule has 0 unspecified atom stereocenters. The molecular formula is C24H25ClN4O4S. The Bertz CT molecular complexity index is 1460. The van der Waals surface area contributed by atoms with Gasteiger partial charge in [0.25, 0.3) is 10.0 Å². The fraction of sp³-hybridized carbons (Fsp3) is 0.250. The van der Waals surface area contributed by atoms with Crippen molar-refractivity contribution in [2.45, 2.75) is 31.1 Å². The molecule has 1 N–H and O–H groups in total. The van der Waals surface area contributed by atoms with Crippen molar-refractivity contribution in [1.82, 2.24) is 14.6 Å². The SMILES string of the molecule is COc1ccc(-c2cc3c(Cl)ccc(NS(=O)(=O)c4ccc(C(C)(C)C)cc4)n3n2)c(OC)n1. The highest BCUT2D eigenvalue weighted by Crippen LogP contribution is 2.33. The molecule has 0 saturated heterocycles. The summed E-state index contributed by atoms with van der Waals surface area (Å²) in [5.74, 6) is 0.958. The molecule has 0 saturated carbocycles. The number of fused-ring (bicyclic) bond motifs is 1. The lowest BCUT2D eigenvalue weighted by atomic mass is 9.87. The van der Waals surface area contributed by atoms with Crippen LogP contribution in [-0.4, -0.2) is 37.2 Å². The summed E-state index contributed by atoms with van der Waals surface area (Å²) in [6.07, 6.45) is 0. The van der Waals surface area contributed by atoms with Gasteiger partial charge in [-0.15, -0.1) is 0 Å². The standard InChI is InChI=1S/C24H25ClN4O4S/c1-24(2,3)15-6-8-16(9-7-15)34(30,31)28-21-12-11-18(25)20-14-19(27-29(20)21)17-10-13-22(32-4)26-23(17)33-5/h6-14,28H,1-5H3. The Morgan fingerprint density at radius 2 is 1.68 bits per heavy atom. The summed E-state index contributed by atoms with van der Waals surface area (Å²) in [4.78, 5) is 4.44. The molecule has 3 aromatic heterocycles. The van der Waals surface area contributed by atoms with Crippen LogP contribution >= 0.6 is 11.6 Å². The van der Waals surface area contributed by atoms with Gasteiger partial charge in [-0.05, 0) is 47.4 Å². The van der Waals surface area contributed by atoms with E-state index in [2.05, 4.69) is 35.6 Å². The third-order valence-corrected chi connectivity index (χ3v) is 7.04. The van der Waals surface area contributed by atoms with Gasteiger partial charge < -0.3 is 9.47 Å². The first-order valence-electron chi connectivity index (χ1n) is 10.4. The molecule has 0 radical (unpaired) electrons. The molecule has 4 rings (SSSR count). The number of ether oxygens (including phenoxy) is 2. The molecule has 0 aliphatic carbocycles. The number of anilines is 1. The number of hydrogen-bond acceptors (Lipinski definition) is 6. The number of nitrogens with one attached hydrogen (secondary N) is 1. The van der Waals surface area contributed by atoms with Crippen molar-refractivity contribution in [2.24, 2.45) is 0 Å². The number of pyridine rings is 2. The van der Waals surface area contributed by atoms with Crippen LogP contribution in [0.4, 0.5) is 5.82 Å². The number of benzene rings is 1.